The predicted octanol–water partition coefficient (Wildman–Crippen LogP) is 2.05. The molecule has 1 aromatic carbocycles. The van der Waals surface area contributed by atoms with Crippen LogP contribution >= 0.6 is 11.6 Å². The van der Waals surface area contributed by atoms with Crippen LogP contribution in [0.25, 0.3) is 0 Å². The van der Waals surface area contributed by atoms with Gasteiger partial charge in [0.1, 0.15) is 0 Å². The van der Waals surface area contributed by atoms with Gasteiger partial charge in [0.25, 0.3) is 0 Å². The van der Waals surface area contributed by atoms with Gasteiger partial charge in [-0.15, -0.1) is 0 Å². The van der Waals surface area contributed by atoms with Crippen LogP contribution in [-0.2, 0) is 19.6 Å². The van der Waals surface area contributed by atoms with E-state index in [2.05, 4.69) is 9.46 Å². The SMILES string of the molecule is COC(=O)c1ccc(Cl)cc1S(=O)(=O)NC(C)(C)CCC(=O)O. The number of rotatable bonds is 7. The number of carboxylic acid groups (broad SMARTS) is 1. The maximum absolute atomic E-state index is 12.6. The Bertz CT molecular complexity index is 714. The lowest BCUT2D eigenvalue weighted by molar-refractivity contribution is -0.137. The van der Waals surface area contributed by atoms with E-state index in [1.165, 1.54) is 12.1 Å². The van der Waals surface area contributed by atoms with Crippen molar-refractivity contribution < 1.29 is 27.9 Å². The first kappa shape index (κ1) is 19.4. The number of hydrogen-bond donors (Lipinski definition) is 2. The number of hydrogen-bond acceptors (Lipinski definition) is 5. The highest BCUT2D eigenvalue weighted by molar-refractivity contribution is 7.89. The zero-order valence-electron chi connectivity index (χ0n) is 12.9. The van der Waals surface area contributed by atoms with Gasteiger partial charge in [0.05, 0.1) is 17.6 Å². The largest absolute Gasteiger partial charge is 0.481 e. The normalized spacial score (nSPS) is 12.0. The Morgan fingerprint density at radius 3 is 2.48 bits per heavy atom. The van der Waals surface area contributed by atoms with Crippen LogP contribution in [0.5, 0.6) is 0 Å². The molecule has 2 N–H and O–H groups in total. The van der Waals surface area contributed by atoms with Gasteiger partial charge in [-0.3, -0.25) is 4.79 Å². The Morgan fingerprint density at radius 1 is 1.35 bits per heavy atom. The molecule has 0 aliphatic heterocycles. The number of carboxylic acids is 1. The van der Waals surface area contributed by atoms with Gasteiger partial charge in [0, 0.05) is 17.0 Å². The van der Waals surface area contributed by atoms with Crippen LogP contribution in [0.4, 0.5) is 0 Å². The van der Waals surface area contributed by atoms with Gasteiger partial charge in [-0.2, -0.15) is 0 Å². The lowest BCUT2D eigenvalue weighted by atomic mass is 10.0. The van der Waals surface area contributed by atoms with E-state index >= 15 is 0 Å². The number of aliphatic carboxylic acids is 1. The first-order valence-corrected chi connectivity index (χ1v) is 8.48. The van der Waals surface area contributed by atoms with Gasteiger partial charge in [0.2, 0.25) is 10.0 Å². The molecule has 0 aliphatic carbocycles. The Kier molecular flexibility index (Phi) is 6.15. The summed E-state index contributed by atoms with van der Waals surface area (Å²) in [5.74, 6) is -1.85. The molecule has 0 fully saturated rings. The second kappa shape index (κ2) is 7.29. The monoisotopic (exact) mass is 363 g/mol. The van der Waals surface area contributed by atoms with Crippen molar-refractivity contribution in [1.29, 1.82) is 0 Å². The van der Waals surface area contributed by atoms with Gasteiger partial charge in [-0.1, -0.05) is 11.6 Å². The molecule has 0 spiro atoms. The number of benzene rings is 1. The van der Waals surface area contributed by atoms with E-state index in [0.717, 1.165) is 13.2 Å². The number of halogens is 1. The average Bonchev–Trinajstić information content (AvgIpc) is 2.43. The smallest absolute Gasteiger partial charge is 0.339 e. The number of carbonyl (C=O) groups excluding carboxylic acids is 1. The van der Waals surface area contributed by atoms with E-state index in [1.54, 1.807) is 13.8 Å². The van der Waals surface area contributed by atoms with Gasteiger partial charge < -0.3 is 9.84 Å². The third-order valence-electron chi connectivity index (χ3n) is 3.01. The molecule has 0 amide bonds. The molecule has 128 valence electrons. The summed E-state index contributed by atoms with van der Waals surface area (Å²) in [7, 11) is -2.97. The van der Waals surface area contributed by atoms with Crippen molar-refractivity contribution in [3.63, 3.8) is 0 Å². The number of ether oxygens (including phenoxy) is 1. The van der Waals surface area contributed by atoms with Crippen molar-refractivity contribution in [3.8, 4) is 0 Å². The Labute approximate surface area is 139 Å². The summed E-state index contributed by atoms with van der Waals surface area (Å²) in [4.78, 5) is 22.1. The number of carbonyl (C=O) groups is 2. The first-order valence-electron chi connectivity index (χ1n) is 6.62. The van der Waals surface area contributed by atoms with Crippen molar-refractivity contribution in [2.75, 3.05) is 7.11 Å². The standard InChI is InChI=1S/C14H18ClNO6S/c1-14(2,7-6-12(17)18)16-23(20,21)11-8-9(15)4-5-10(11)13(19)22-3/h4-5,8,16H,6-7H2,1-3H3,(H,17,18). The Morgan fingerprint density at radius 2 is 1.96 bits per heavy atom. The molecule has 0 radical (unpaired) electrons. The molecule has 0 aliphatic rings. The molecule has 0 atom stereocenters. The molecule has 0 saturated carbocycles. The van der Waals surface area contributed by atoms with Crippen molar-refractivity contribution in [1.82, 2.24) is 4.72 Å². The van der Waals surface area contributed by atoms with Crippen LogP contribution in [0.3, 0.4) is 0 Å². The average molecular weight is 364 g/mol. The highest BCUT2D eigenvalue weighted by Crippen LogP contribution is 2.24. The van der Waals surface area contributed by atoms with Crippen molar-refractivity contribution >= 4 is 33.6 Å². The molecule has 0 saturated heterocycles. The van der Waals surface area contributed by atoms with Crippen LogP contribution in [-0.4, -0.2) is 38.1 Å². The number of sulfonamides is 1. The number of methoxy groups -OCH3 is 1. The van der Waals surface area contributed by atoms with Crippen LogP contribution in [0.15, 0.2) is 23.1 Å². The summed E-state index contributed by atoms with van der Waals surface area (Å²) >= 11 is 5.82. The molecule has 1 aromatic rings. The van der Waals surface area contributed by atoms with Crippen molar-refractivity contribution in [2.45, 2.75) is 37.1 Å². The molecule has 1 rings (SSSR count). The van der Waals surface area contributed by atoms with E-state index in [1.807, 2.05) is 0 Å². The molecular formula is C14H18ClNO6S. The summed E-state index contributed by atoms with van der Waals surface area (Å²) in [6, 6.07) is 3.78. The van der Waals surface area contributed by atoms with Crippen LogP contribution < -0.4 is 4.72 Å². The summed E-state index contributed by atoms with van der Waals surface area (Å²) in [5.41, 5.74) is -1.18. The molecule has 0 aromatic heterocycles. The molecule has 7 nitrogen and oxygen atoms in total. The van der Waals surface area contributed by atoms with E-state index in [0.29, 0.717) is 0 Å². The molecule has 0 unspecified atom stereocenters. The highest BCUT2D eigenvalue weighted by Gasteiger charge is 2.30. The molecule has 0 heterocycles. The minimum atomic E-state index is -4.10. The minimum absolute atomic E-state index is 0.0791. The maximum atomic E-state index is 12.6. The van der Waals surface area contributed by atoms with Crippen LogP contribution in [0, 0.1) is 0 Å². The third kappa shape index (κ3) is 5.49. The number of nitrogens with one attached hydrogen (secondary N) is 1. The third-order valence-corrected chi connectivity index (χ3v) is 4.99. The molecule has 9 heteroatoms. The quantitative estimate of drug-likeness (QED) is 0.717. The zero-order valence-corrected chi connectivity index (χ0v) is 14.5. The van der Waals surface area contributed by atoms with E-state index < -0.39 is 27.5 Å². The van der Waals surface area contributed by atoms with Gasteiger partial charge in [-0.05, 0) is 38.5 Å². The van der Waals surface area contributed by atoms with Crippen molar-refractivity contribution in [3.05, 3.63) is 28.8 Å². The fraction of sp³-hybridized carbons (Fsp3) is 0.429. The van der Waals surface area contributed by atoms with Crippen LogP contribution in [0.1, 0.15) is 37.0 Å². The Hall–Kier alpha value is -1.64. The van der Waals surface area contributed by atoms with Crippen molar-refractivity contribution in [2.24, 2.45) is 0 Å². The Balaban J connectivity index is 3.20. The van der Waals surface area contributed by atoms with E-state index in [9.17, 15) is 18.0 Å². The summed E-state index contributed by atoms with van der Waals surface area (Å²) in [6.07, 6.45) is -0.120. The first-order chi connectivity index (χ1) is 10.5. The minimum Gasteiger partial charge on any atom is -0.481 e. The maximum Gasteiger partial charge on any atom is 0.339 e. The molecule has 23 heavy (non-hydrogen) atoms. The topological polar surface area (TPSA) is 110 Å². The van der Waals surface area contributed by atoms with Gasteiger partial charge >= 0.3 is 11.9 Å². The molecule has 0 bridgehead atoms. The fourth-order valence-electron chi connectivity index (χ4n) is 1.89. The second-order valence-corrected chi connectivity index (χ2v) is 7.60. The summed E-state index contributed by atoms with van der Waals surface area (Å²) in [5, 5.41) is 8.86. The summed E-state index contributed by atoms with van der Waals surface area (Å²) < 4.78 is 32.1. The summed E-state index contributed by atoms with van der Waals surface area (Å²) in [6.45, 7) is 3.10. The lowest BCUT2D eigenvalue weighted by Gasteiger charge is -2.25. The van der Waals surface area contributed by atoms with Gasteiger partial charge in [-0.25, -0.2) is 17.9 Å². The molecular weight excluding hydrogens is 346 g/mol. The second-order valence-electron chi connectivity index (χ2n) is 5.52. The van der Waals surface area contributed by atoms with E-state index in [4.69, 9.17) is 16.7 Å². The zero-order chi connectivity index (χ0) is 17.8. The highest BCUT2D eigenvalue weighted by atomic mass is 35.5. The number of esters is 1. The lowest BCUT2D eigenvalue weighted by Crippen LogP contribution is -2.44. The van der Waals surface area contributed by atoms with E-state index in [-0.39, 0.29) is 28.3 Å². The predicted molar refractivity (Wildman–Crippen MR) is 84.1 cm³/mol. The van der Waals surface area contributed by atoms with Crippen LogP contribution in [0.2, 0.25) is 5.02 Å². The van der Waals surface area contributed by atoms with Gasteiger partial charge in [0.15, 0.2) is 0 Å². The fourth-order valence-corrected chi connectivity index (χ4v) is 3.79.